The van der Waals surface area contributed by atoms with E-state index in [4.69, 9.17) is 18.5 Å². The molecule has 0 saturated heterocycles. The van der Waals surface area contributed by atoms with E-state index in [0.717, 1.165) is 77.0 Å². The minimum Gasteiger partial charge on any atom is -0.756 e. The number of esters is 2. The molecule has 0 aromatic heterocycles. The van der Waals surface area contributed by atoms with E-state index in [-0.39, 0.29) is 26.1 Å². The first-order chi connectivity index (χ1) is 27.0. The fourth-order valence-corrected chi connectivity index (χ4v) is 6.26. The number of hydrogen-bond donors (Lipinski definition) is 0. The van der Waals surface area contributed by atoms with Gasteiger partial charge in [0, 0.05) is 12.8 Å². The number of quaternary nitrogens is 1. The number of allylic oxidation sites excluding steroid dienone is 10. The average Bonchev–Trinajstić information content (AvgIpc) is 3.15. The third kappa shape index (κ3) is 41.3. The highest BCUT2D eigenvalue weighted by Crippen LogP contribution is 2.38. The molecule has 0 aromatic carbocycles. The van der Waals surface area contributed by atoms with E-state index in [0.29, 0.717) is 23.9 Å². The zero-order valence-corrected chi connectivity index (χ0v) is 37.2. The normalized spacial score (nSPS) is 14.2. The minimum absolute atomic E-state index is 0.0404. The molecule has 1 unspecified atom stereocenters. The van der Waals surface area contributed by atoms with Crippen molar-refractivity contribution in [2.75, 3.05) is 47.5 Å². The lowest BCUT2D eigenvalue weighted by molar-refractivity contribution is -0.870. The Balaban J connectivity index is 4.44. The van der Waals surface area contributed by atoms with Gasteiger partial charge in [-0.05, 0) is 77.0 Å². The fourth-order valence-electron chi connectivity index (χ4n) is 5.53. The van der Waals surface area contributed by atoms with Crippen LogP contribution in [0.3, 0.4) is 0 Å². The van der Waals surface area contributed by atoms with Crippen LogP contribution >= 0.6 is 7.82 Å². The van der Waals surface area contributed by atoms with Crippen LogP contribution in [0.4, 0.5) is 0 Å². The number of ether oxygens (including phenoxy) is 2. The summed E-state index contributed by atoms with van der Waals surface area (Å²) in [5.41, 5.74) is 0. The third-order valence-electron chi connectivity index (χ3n) is 9.04. The molecule has 0 aliphatic carbocycles. The van der Waals surface area contributed by atoms with E-state index in [1.165, 1.54) is 51.4 Å². The molecule has 0 fully saturated rings. The Morgan fingerprint density at radius 2 is 1.02 bits per heavy atom. The molecular formula is C46H82NO8P. The van der Waals surface area contributed by atoms with Gasteiger partial charge in [-0.2, -0.15) is 0 Å². The van der Waals surface area contributed by atoms with Gasteiger partial charge in [0.15, 0.2) is 6.10 Å². The van der Waals surface area contributed by atoms with Gasteiger partial charge in [-0.15, -0.1) is 0 Å². The molecular weight excluding hydrogens is 725 g/mol. The first kappa shape index (κ1) is 53.7. The number of unbranched alkanes of at least 4 members (excludes halogenated alkanes) is 16. The summed E-state index contributed by atoms with van der Waals surface area (Å²) in [4.78, 5) is 37.5. The molecule has 0 bridgehead atoms. The average molecular weight is 808 g/mol. The van der Waals surface area contributed by atoms with Crippen molar-refractivity contribution in [1.29, 1.82) is 0 Å². The van der Waals surface area contributed by atoms with Gasteiger partial charge in [0.2, 0.25) is 0 Å². The summed E-state index contributed by atoms with van der Waals surface area (Å²) in [7, 11) is 1.13. The molecule has 0 aliphatic rings. The summed E-state index contributed by atoms with van der Waals surface area (Å²) in [5.74, 6) is -0.882. The Bertz CT molecular complexity index is 1140. The summed E-state index contributed by atoms with van der Waals surface area (Å²) in [6.45, 7) is 4.12. The van der Waals surface area contributed by atoms with Crippen LogP contribution in [0.1, 0.15) is 168 Å². The highest BCUT2D eigenvalue weighted by atomic mass is 31.2. The van der Waals surface area contributed by atoms with Gasteiger partial charge in [-0.3, -0.25) is 14.2 Å². The van der Waals surface area contributed by atoms with Crippen LogP contribution in [0.15, 0.2) is 60.8 Å². The number of phosphoric ester groups is 1. The van der Waals surface area contributed by atoms with Crippen molar-refractivity contribution in [2.24, 2.45) is 0 Å². The summed E-state index contributed by atoms with van der Waals surface area (Å²) < 4.78 is 33.8. The summed E-state index contributed by atoms with van der Waals surface area (Å²) in [6, 6.07) is 0. The van der Waals surface area contributed by atoms with Gasteiger partial charge in [0.1, 0.15) is 19.8 Å². The number of likely N-dealkylation sites (N-methyl/N-ethyl adjacent to an activating group) is 1. The van der Waals surface area contributed by atoms with E-state index in [1.54, 1.807) is 0 Å². The summed E-state index contributed by atoms with van der Waals surface area (Å²) in [6.07, 6.45) is 45.2. The van der Waals surface area contributed by atoms with Crippen LogP contribution < -0.4 is 4.89 Å². The van der Waals surface area contributed by atoms with Crippen LogP contribution in [0, 0.1) is 0 Å². The van der Waals surface area contributed by atoms with Crippen molar-refractivity contribution >= 4 is 19.8 Å². The zero-order valence-electron chi connectivity index (χ0n) is 36.3. The first-order valence-corrected chi connectivity index (χ1v) is 23.5. The quantitative estimate of drug-likeness (QED) is 0.0151. The lowest BCUT2D eigenvalue weighted by atomic mass is 10.1. The summed E-state index contributed by atoms with van der Waals surface area (Å²) in [5, 5.41) is 0. The van der Waals surface area contributed by atoms with Crippen LogP contribution in [0.2, 0.25) is 0 Å². The Kier molecular flexibility index (Phi) is 36.7. The first-order valence-electron chi connectivity index (χ1n) is 22.0. The van der Waals surface area contributed by atoms with Crippen molar-refractivity contribution in [3.05, 3.63) is 60.8 Å². The SMILES string of the molecule is CCCCC/C=C/C/C=C/C/C=C/CCCCCCC(=O)OC[C@H](COP(=O)([O-])OCC[N+](C)(C)C)OC(=O)CCCCCCC/C=C/C=C/CCCCCC. The van der Waals surface area contributed by atoms with Gasteiger partial charge >= 0.3 is 11.9 Å². The maximum atomic E-state index is 12.7. The Morgan fingerprint density at radius 3 is 1.57 bits per heavy atom. The van der Waals surface area contributed by atoms with Gasteiger partial charge in [-0.25, -0.2) is 0 Å². The lowest BCUT2D eigenvalue weighted by Crippen LogP contribution is -2.37. The molecule has 0 saturated carbocycles. The molecule has 0 heterocycles. The van der Waals surface area contributed by atoms with E-state index < -0.39 is 32.5 Å². The second-order valence-corrected chi connectivity index (χ2v) is 17.1. The molecule has 0 aliphatic heterocycles. The molecule has 10 heteroatoms. The predicted octanol–water partition coefficient (Wildman–Crippen LogP) is 11.8. The standard InChI is InChI=1S/C46H82NO8P/c1-6-8-10-12-14-16-18-20-22-23-25-26-28-30-32-34-36-38-45(48)52-42-44(43-54-56(50,51)53-41-40-47(3,4)5)55-46(49)39-37-35-33-31-29-27-24-21-19-17-15-13-11-9-7-2/h14,16-17,19-22,24-26,44H,6-13,15,18,23,27-43H2,1-5H3/b16-14+,19-17+,22-20+,24-21+,26-25+/t44-/m1/s1. The molecule has 9 nitrogen and oxygen atoms in total. The minimum atomic E-state index is -4.64. The van der Waals surface area contributed by atoms with Crippen molar-refractivity contribution in [3.8, 4) is 0 Å². The molecule has 0 rings (SSSR count). The maximum absolute atomic E-state index is 12.7. The number of carbonyl (C=O) groups excluding carboxylic acids is 2. The predicted molar refractivity (Wildman–Crippen MR) is 231 cm³/mol. The van der Waals surface area contributed by atoms with E-state index in [2.05, 4.69) is 74.6 Å². The van der Waals surface area contributed by atoms with Crippen molar-refractivity contribution in [1.82, 2.24) is 0 Å². The largest absolute Gasteiger partial charge is 0.756 e. The molecule has 324 valence electrons. The maximum Gasteiger partial charge on any atom is 0.306 e. The number of phosphoric acid groups is 1. The highest BCUT2D eigenvalue weighted by Gasteiger charge is 2.21. The summed E-state index contributed by atoms with van der Waals surface area (Å²) >= 11 is 0. The van der Waals surface area contributed by atoms with Gasteiger partial charge in [0.05, 0.1) is 27.7 Å². The monoisotopic (exact) mass is 808 g/mol. The molecule has 0 radical (unpaired) electrons. The lowest BCUT2D eigenvalue weighted by Gasteiger charge is -2.28. The van der Waals surface area contributed by atoms with Crippen LogP contribution in [-0.4, -0.2) is 70.0 Å². The van der Waals surface area contributed by atoms with Gasteiger partial charge in [-0.1, -0.05) is 139 Å². The van der Waals surface area contributed by atoms with Gasteiger partial charge in [0.25, 0.3) is 7.82 Å². The van der Waals surface area contributed by atoms with Gasteiger partial charge < -0.3 is 27.9 Å². The highest BCUT2D eigenvalue weighted by molar-refractivity contribution is 7.45. The molecule has 0 aromatic rings. The second-order valence-electron chi connectivity index (χ2n) is 15.7. The molecule has 2 atom stereocenters. The number of rotatable bonds is 39. The number of carbonyl (C=O) groups is 2. The Labute approximate surface area is 343 Å². The molecule has 0 spiro atoms. The van der Waals surface area contributed by atoms with Crippen molar-refractivity contribution < 1.29 is 42.1 Å². The zero-order chi connectivity index (χ0) is 41.4. The Hall–Kier alpha value is -2.29. The van der Waals surface area contributed by atoms with E-state index in [9.17, 15) is 19.0 Å². The molecule has 0 amide bonds. The van der Waals surface area contributed by atoms with E-state index in [1.807, 2.05) is 21.1 Å². The van der Waals surface area contributed by atoms with Crippen molar-refractivity contribution in [3.63, 3.8) is 0 Å². The second kappa shape index (κ2) is 38.2. The van der Waals surface area contributed by atoms with Crippen LogP contribution in [0.5, 0.6) is 0 Å². The number of hydrogen-bond acceptors (Lipinski definition) is 8. The Morgan fingerprint density at radius 1 is 0.571 bits per heavy atom. The number of nitrogens with zero attached hydrogens (tertiary/aromatic N) is 1. The smallest absolute Gasteiger partial charge is 0.306 e. The van der Waals surface area contributed by atoms with E-state index >= 15 is 0 Å². The third-order valence-corrected chi connectivity index (χ3v) is 10.0. The topological polar surface area (TPSA) is 111 Å². The molecule has 0 N–H and O–H groups in total. The molecule has 56 heavy (non-hydrogen) atoms. The van der Waals surface area contributed by atoms with Crippen molar-refractivity contribution in [2.45, 2.75) is 174 Å². The fraction of sp³-hybridized carbons (Fsp3) is 0.739. The van der Waals surface area contributed by atoms with Crippen LogP contribution in [-0.2, 0) is 32.7 Å². The van der Waals surface area contributed by atoms with Crippen LogP contribution in [0.25, 0.3) is 0 Å².